The Hall–Kier alpha value is -1.18. The molecule has 2 rings (SSSR count). The van der Waals surface area contributed by atoms with Crippen molar-refractivity contribution in [2.75, 3.05) is 39.0 Å². The van der Waals surface area contributed by atoms with E-state index >= 15 is 0 Å². The fraction of sp³-hybridized carbons (Fsp3) is 0.714. The highest BCUT2D eigenvalue weighted by atomic mass is 32.1. The van der Waals surface area contributed by atoms with Gasteiger partial charge in [-0.15, -0.1) is 11.3 Å². The predicted octanol–water partition coefficient (Wildman–Crippen LogP) is 0.758. The van der Waals surface area contributed by atoms with Crippen LogP contribution in [-0.4, -0.2) is 60.0 Å². The van der Waals surface area contributed by atoms with Crippen LogP contribution >= 0.6 is 11.3 Å². The highest BCUT2D eigenvalue weighted by Crippen LogP contribution is 2.12. The number of aromatic nitrogens is 1. The number of piperazine rings is 1. The van der Waals surface area contributed by atoms with Crippen molar-refractivity contribution >= 4 is 22.4 Å². The van der Waals surface area contributed by atoms with Crippen molar-refractivity contribution in [3.63, 3.8) is 0 Å². The second-order valence-corrected chi connectivity index (χ2v) is 6.57. The first-order valence-electron chi connectivity index (χ1n) is 7.44. The lowest BCUT2D eigenvalue weighted by atomic mass is 10.1. The van der Waals surface area contributed by atoms with Gasteiger partial charge in [-0.3, -0.25) is 9.69 Å². The normalized spacial score (nSPS) is 18.6. The minimum atomic E-state index is 0.0857. The average Bonchev–Trinajstić information content (AvgIpc) is 2.89. The zero-order valence-electron chi connectivity index (χ0n) is 12.8. The molecule has 1 aromatic rings. The lowest BCUT2D eigenvalue weighted by Gasteiger charge is -2.36. The van der Waals surface area contributed by atoms with Gasteiger partial charge in [-0.2, -0.15) is 0 Å². The van der Waals surface area contributed by atoms with Crippen molar-refractivity contribution in [1.82, 2.24) is 20.1 Å². The van der Waals surface area contributed by atoms with E-state index in [4.69, 9.17) is 5.73 Å². The number of hydrogen-bond acceptors (Lipinski definition) is 6. The lowest BCUT2D eigenvalue weighted by molar-refractivity contribution is -0.121. The van der Waals surface area contributed by atoms with E-state index in [1.54, 1.807) is 0 Å². The second kappa shape index (κ2) is 7.72. The van der Waals surface area contributed by atoms with E-state index in [0.717, 1.165) is 38.3 Å². The summed E-state index contributed by atoms with van der Waals surface area (Å²) >= 11 is 1.40. The van der Waals surface area contributed by atoms with E-state index in [0.29, 0.717) is 24.1 Å². The summed E-state index contributed by atoms with van der Waals surface area (Å²) in [5, 5.41) is 5.32. The minimum absolute atomic E-state index is 0.0857. The summed E-state index contributed by atoms with van der Waals surface area (Å²) in [6.07, 6.45) is 1.46. The number of nitrogens with zero attached hydrogens (tertiary/aromatic N) is 3. The molecular weight excluding hydrogens is 286 g/mol. The van der Waals surface area contributed by atoms with Crippen LogP contribution in [0.25, 0.3) is 0 Å². The summed E-state index contributed by atoms with van der Waals surface area (Å²) in [6.45, 7) is 7.09. The van der Waals surface area contributed by atoms with Gasteiger partial charge in [-0.05, 0) is 20.4 Å². The number of nitrogens with two attached hydrogens (primary N) is 1. The standard InChI is InChI=1S/C14H25N5OS/c1-11(19-7-5-18(2)6-8-19)3-4-13(20)16-9-12-10-21-14(15)17-12/h10-11H,3-9H2,1-2H3,(H2,15,17)(H,16,20). The van der Waals surface area contributed by atoms with Gasteiger partial charge in [0.1, 0.15) is 0 Å². The van der Waals surface area contributed by atoms with Crippen LogP contribution in [0, 0.1) is 0 Å². The van der Waals surface area contributed by atoms with Gasteiger partial charge >= 0.3 is 0 Å². The van der Waals surface area contributed by atoms with Gasteiger partial charge in [0.05, 0.1) is 12.2 Å². The zero-order valence-corrected chi connectivity index (χ0v) is 13.7. The molecule has 1 aromatic heterocycles. The van der Waals surface area contributed by atoms with Gasteiger partial charge in [0.15, 0.2) is 5.13 Å². The van der Waals surface area contributed by atoms with Gasteiger partial charge < -0.3 is 16.0 Å². The van der Waals surface area contributed by atoms with E-state index in [2.05, 4.69) is 34.1 Å². The van der Waals surface area contributed by atoms with Crippen LogP contribution in [0.2, 0.25) is 0 Å². The van der Waals surface area contributed by atoms with Crippen LogP contribution < -0.4 is 11.1 Å². The fourth-order valence-corrected chi connectivity index (χ4v) is 3.03. The molecule has 0 bridgehead atoms. The van der Waals surface area contributed by atoms with Crippen LogP contribution in [0.1, 0.15) is 25.5 Å². The van der Waals surface area contributed by atoms with E-state index in [1.807, 2.05) is 5.38 Å². The molecule has 1 saturated heterocycles. The van der Waals surface area contributed by atoms with Crippen LogP contribution in [0.3, 0.4) is 0 Å². The molecule has 1 unspecified atom stereocenters. The fourth-order valence-electron chi connectivity index (χ4n) is 2.47. The van der Waals surface area contributed by atoms with Crippen molar-refractivity contribution in [3.8, 4) is 0 Å². The molecular formula is C14H25N5OS. The Kier molecular flexibility index (Phi) is 5.96. The molecule has 7 heteroatoms. The van der Waals surface area contributed by atoms with Gasteiger partial charge in [-0.25, -0.2) is 4.98 Å². The maximum absolute atomic E-state index is 11.9. The largest absolute Gasteiger partial charge is 0.375 e. The van der Waals surface area contributed by atoms with Crippen molar-refractivity contribution in [2.24, 2.45) is 0 Å². The number of carbonyl (C=O) groups excluding carboxylic acids is 1. The molecule has 0 saturated carbocycles. The summed E-state index contributed by atoms with van der Waals surface area (Å²) in [5.41, 5.74) is 6.39. The molecule has 6 nitrogen and oxygen atoms in total. The summed E-state index contributed by atoms with van der Waals surface area (Å²) in [7, 11) is 2.15. The van der Waals surface area contributed by atoms with Gasteiger partial charge in [-0.1, -0.05) is 0 Å². The number of nitrogens with one attached hydrogen (secondary N) is 1. The maximum Gasteiger partial charge on any atom is 0.220 e. The zero-order chi connectivity index (χ0) is 15.2. The monoisotopic (exact) mass is 311 g/mol. The quantitative estimate of drug-likeness (QED) is 0.811. The SMILES string of the molecule is CC(CCC(=O)NCc1csc(N)n1)N1CCN(C)CC1. The Bertz CT molecular complexity index is 456. The topological polar surface area (TPSA) is 74.5 Å². The molecule has 3 N–H and O–H groups in total. The Labute approximate surface area is 130 Å². The summed E-state index contributed by atoms with van der Waals surface area (Å²) < 4.78 is 0. The average molecular weight is 311 g/mol. The van der Waals surface area contributed by atoms with Gasteiger partial charge in [0.2, 0.25) is 5.91 Å². The maximum atomic E-state index is 11.9. The molecule has 118 valence electrons. The number of amides is 1. The molecule has 1 aliphatic rings. The number of carbonyl (C=O) groups is 1. The summed E-state index contributed by atoms with van der Waals surface area (Å²) in [6, 6.07) is 0.458. The van der Waals surface area contributed by atoms with E-state index < -0.39 is 0 Å². The van der Waals surface area contributed by atoms with Crippen molar-refractivity contribution < 1.29 is 4.79 Å². The third-order valence-corrected chi connectivity index (χ3v) is 4.71. The molecule has 1 atom stereocenters. The summed E-state index contributed by atoms with van der Waals surface area (Å²) in [4.78, 5) is 20.8. The molecule has 0 aromatic carbocycles. The number of nitrogen functional groups attached to an aromatic ring is 1. The Morgan fingerprint density at radius 2 is 2.19 bits per heavy atom. The molecule has 0 radical (unpaired) electrons. The lowest BCUT2D eigenvalue weighted by Crippen LogP contribution is -2.48. The molecule has 0 aliphatic carbocycles. The van der Waals surface area contributed by atoms with Gasteiger partial charge in [0, 0.05) is 44.0 Å². The van der Waals surface area contributed by atoms with E-state index in [9.17, 15) is 4.79 Å². The highest BCUT2D eigenvalue weighted by molar-refractivity contribution is 7.13. The van der Waals surface area contributed by atoms with Crippen LogP contribution in [0.15, 0.2) is 5.38 Å². The first-order valence-corrected chi connectivity index (χ1v) is 8.31. The van der Waals surface area contributed by atoms with Crippen molar-refractivity contribution in [3.05, 3.63) is 11.1 Å². The Balaban J connectivity index is 1.64. The number of anilines is 1. The Morgan fingerprint density at radius 3 is 2.81 bits per heavy atom. The highest BCUT2D eigenvalue weighted by Gasteiger charge is 2.19. The van der Waals surface area contributed by atoms with E-state index in [-0.39, 0.29) is 5.91 Å². The molecule has 21 heavy (non-hydrogen) atoms. The molecule has 1 amide bonds. The number of likely N-dealkylation sites (N-methyl/N-ethyl adjacent to an activating group) is 1. The minimum Gasteiger partial charge on any atom is -0.375 e. The first kappa shape index (κ1) is 16.2. The molecule has 1 fully saturated rings. The number of hydrogen-bond donors (Lipinski definition) is 2. The Morgan fingerprint density at radius 1 is 1.48 bits per heavy atom. The smallest absolute Gasteiger partial charge is 0.220 e. The van der Waals surface area contributed by atoms with E-state index in [1.165, 1.54) is 11.3 Å². The third-order valence-electron chi connectivity index (χ3n) is 3.99. The molecule has 2 heterocycles. The number of rotatable bonds is 6. The van der Waals surface area contributed by atoms with Crippen molar-refractivity contribution in [1.29, 1.82) is 0 Å². The van der Waals surface area contributed by atoms with Crippen LogP contribution in [0.4, 0.5) is 5.13 Å². The van der Waals surface area contributed by atoms with Crippen molar-refractivity contribution in [2.45, 2.75) is 32.4 Å². The van der Waals surface area contributed by atoms with Gasteiger partial charge in [0.25, 0.3) is 0 Å². The third kappa shape index (κ3) is 5.26. The second-order valence-electron chi connectivity index (χ2n) is 5.68. The van der Waals surface area contributed by atoms with Crippen LogP contribution in [-0.2, 0) is 11.3 Å². The predicted molar refractivity (Wildman–Crippen MR) is 86.1 cm³/mol. The first-order chi connectivity index (χ1) is 10.0. The molecule has 0 spiro atoms. The van der Waals surface area contributed by atoms with Crippen LogP contribution in [0.5, 0.6) is 0 Å². The molecule has 1 aliphatic heterocycles. The summed E-state index contributed by atoms with van der Waals surface area (Å²) in [5.74, 6) is 0.0857. The number of thiazole rings is 1.